The number of hydrogen-bond donors (Lipinski definition) is 2. The van der Waals surface area contributed by atoms with Crippen LogP contribution in [0.2, 0.25) is 0 Å². The molecule has 0 heterocycles. The molecule has 0 aliphatic heterocycles. The summed E-state index contributed by atoms with van der Waals surface area (Å²) in [5.41, 5.74) is 6.34. The second-order valence-electron chi connectivity index (χ2n) is 5.62. The zero-order valence-electron chi connectivity index (χ0n) is 13.0. The molecule has 1 aliphatic carbocycles. The molecule has 1 fully saturated rings. The van der Waals surface area contributed by atoms with Crippen LogP contribution < -0.4 is 19.9 Å². The van der Waals surface area contributed by atoms with Gasteiger partial charge in [0.2, 0.25) is 0 Å². The zero-order valence-corrected chi connectivity index (χ0v) is 13.0. The normalized spacial score (nSPS) is 18.3. The molecule has 0 saturated heterocycles. The molecule has 5 nitrogen and oxygen atoms in total. The van der Waals surface area contributed by atoms with Crippen molar-refractivity contribution in [3.05, 3.63) is 17.7 Å². The van der Waals surface area contributed by atoms with Crippen molar-refractivity contribution in [3.8, 4) is 17.2 Å². The summed E-state index contributed by atoms with van der Waals surface area (Å²) in [6.45, 7) is 0.451. The number of aliphatic hydroxyl groups is 1. The third-order valence-electron chi connectivity index (χ3n) is 4.61. The maximum atomic E-state index is 11.0. The molecule has 21 heavy (non-hydrogen) atoms. The van der Waals surface area contributed by atoms with Gasteiger partial charge < -0.3 is 25.1 Å². The van der Waals surface area contributed by atoms with E-state index in [1.165, 1.54) is 0 Å². The van der Waals surface area contributed by atoms with Crippen molar-refractivity contribution in [1.82, 2.24) is 0 Å². The fourth-order valence-electron chi connectivity index (χ4n) is 3.28. The molecule has 5 heteroatoms. The van der Waals surface area contributed by atoms with E-state index in [4.69, 9.17) is 19.9 Å². The minimum absolute atomic E-state index is 0.296. The van der Waals surface area contributed by atoms with Crippen LogP contribution in [-0.2, 0) is 0 Å². The van der Waals surface area contributed by atoms with E-state index in [-0.39, 0.29) is 5.41 Å². The maximum Gasteiger partial charge on any atom is 0.132 e. The Morgan fingerprint density at radius 2 is 1.62 bits per heavy atom. The van der Waals surface area contributed by atoms with Crippen molar-refractivity contribution in [2.45, 2.75) is 31.8 Å². The van der Waals surface area contributed by atoms with Crippen molar-refractivity contribution in [2.24, 2.45) is 11.1 Å². The number of rotatable bonds is 6. The van der Waals surface area contributed by atoms with Crippen molar-refractivity contribution in [3.63, 3.8) is 0 Å². The Labute approximate surface area is 126 Å². The highest BCUT2D eigenvalue weighted by atomic mass is 16.5. The lowest BCUT2D eigenvalue weighted by atomic mass is 9.77. The second kappa shape index (κ2) is 6.54. The predicted molar refractivity (Wildman–Crippen MR) is 81.0 cm³/mol. The molecule has 118 valence electrons. The van der Waals surface area contributed by atoms with E-state index in [0.29, 0.717) is 29.4 Å². The fraction of sp³-hybridized carbons (Fsp3) is 0.625. The molecule has 1 saturated carbocycles. The van der Waals surface area contributed by atoms with Gasteiger partial charge >= 0.3 is 0 Å². The van der Waals surface area contributed by atoms with Crippen molar-refractivity contribution < 1.29 is 19.3 Å². The molecular weight excluding hydrogens is 270 g/mol. The third kappa shape index (κ3) is 2.80. The highest BCUT2D eigenvalue weighted by Gasteiger charge is 2.42. The van der Waals surface area contributed by atoms with Crippen molar-refractivity contribution in [1.29, 1.82) is 0 Å². The molecule has 0 bridgehead atoms. The van der Waals surface area contributed by atoms with E-state index in [2.05, 4.69) is 0 Å². The summed E-state index contributed by atoms with van der Waals surface area (Å²) in [7, 11) is 4.74. The largest absolute Gasteiger partial charge is 0.496 e. The lowest BCUT2D eigenvalue weighted by Crippen LogP contribution is -2.34. The van der Waals surface area contributed by atoms with Crippen LogP contribution >= 0.6 is 0 Å². The Kier molecular flexibility index (Phi) is 4.96. The number of nitrogens with two attached hydrogens (primary N) is 1. The number of hydrogen-bond acceptors (Lipinski definition) is 5. The van der Waals surface area contributed by atoms with E-state index in [1.807, 2.05) is 0 Å². The van der Waals surface area contributed by atoms with Crippen LogP contribution in [0, 0.1) is 5.41 Å². The minimum Gasteiger partial charge on any atom is -0.496 e. The quantitative estimate of drug-likeness (QED) is 0.842. The molecule has 1 aromatic rings. The van der Waals surface area contributed by atoms with Crippen LogP contribution in [0.15, 0.2) is 12.1 Å². The first-order chi connectivity index (χ1) is 10.1. The zero-order chi connectivity index (χ0) is 15.5. The van der Waals surface area contributed by atoms with Crippen molar-refractivity contribution in [2.75, 3.05) is 27.9 Å². The Balaban J connectivity index is 2.50. The topological polar surface area (TPSA) is 73.9 Å². The Bertz CT molecular complexity index is 458. The molecule has 0 amide bonds. The van der Waals surface area contributed by atoms with Gasteiger partial charge in [-0.3, -0.25) is 0 Å². The van der Waals surface area contributed by atoms with E-state index >= 15 is 0 Å². The molecule has 3 N–H and O–H groups in total. The van der Waals surface area contributed by atoms with Crippen LogP contribution in [0.5, 0.6) is 17.2 Å². The Morgan fingerprint density at radius 1 is 1.10 bits per heavy atom. The van der Waals surface area contributed by atoms with Crippen molar-refractivity contribution >= 4 is 0 Å². The van der Waals surface area contributed by atoms with Gasteiger partial charge in [-0.1, -0.05) is 12.8 Å². The Morgan fingerprint density at radius 3 is 2.00 bits per heavy atom. The van der Waals surface area contributed by atoms with Gasteiger partial charge in [0.1, 0.15) is 17.2 Å². The molecule has 2 rings (SSSR count). The van der Waals surface area contributed by atoms with Gasteiger partial charge in [0.15, 0.2) is 0 Å². The highest BCUT2D eigenvalue weighted by molar-refractivity contribution is 5.52. The molecule has 0 aromatic heterocycles. The summed E-state index contributed by atoms with van der Waals surface area (Å²) in [4.78, 5) is 0. The predicted octanol–water partition coefficient (Wildman–Crippen LogP) is 2.26. The fourth-order valence-corrected chi connectivity index (χ4v) is 3.28. The summed E-state index contributed by atoms with van der Waals surface area (Å²) in [6.07, 6.45) is 3.32. The molecule has 0 spiro atoms. The summed E-state index contributed by atoms with van der Waals surface area (Å²) in [6, 6.07) is 3.53. The third-order valence-corrected chi connectivity index (χ3v) is 4.61. The van der Waals surface area contributed by atoms with Gasteiger partial charge in [-0.2, -0.15) is 0 Å². The van der Waals surface area contributed by atoms with Gasteiger partial charge in [-0.05, 0) is 12.8 Å². The number of benzene rings is 1. The SMILES string of the molecule is COc1cc(OC)c(C(O)C2(CN)CCCC2)c(OC)c1. The van der Waals surface area contributed by atoms with E-state index in [1.54, 1.807) is 33.5 Å². The number of ether oxygens (including phenoxy) is 3. The van der Waals surface area contributed by atoms with Crippen LogP contribution in [-0.4, -0.2) is 33.0 Å². The van der Waals surface area contributed by atoms with Crippen LogP contribution in [0.25, 0.3) is 0 Å². The molecular formula is C16H25NO4. The smallest absolute Gasteiger partial charge is 0.132 e. The molecule has 0 radical (unpaired) electrons. The monoisotopic (exact) mass is 295 g/mol. The standard InChI is InChI=1S/C16H25NO4/c1-19-11-8-12(20-2)14(13(9-11)21-3)15(18)16(10-17)6-4-5-7-16/h8-9,15,18H,4-7,10,17H2,1-3H3. The average Bonchev–Trinajstić information content (AvgIpc) is 3.02. The first kappa shape index (κ1) is 15.9. The lowest BCUT2D eigenvalue weighted by Gasteiger charge is -2.34. The summed E-state index contributed by atoms with van der Waals surface area (Å²) >= 11 is 0. The first-order valence-corrected chi connectivity index (χ1v) is 7.30. The van der Waals surface area contributed by atoms with Crippen LogP contribution in [0.4, 0.5) is 0 Å². The Hall–Kier alpha value is -1.46. The number of aliphatic hydroxyl groups excluding tert-OH is 1. The summed E-state index contributed by atoms with van der Waals surface area (Å²) in [5.74, 6) is 1.77. The van der Waals surface area contributed by atoms with Gasteiger partial charge in [0, 0.05) is 24.1 Å². The van der Waals surface area contributed by atoms with Gasteiger partial charge in [-0.15, -0.1) is 0 Å². The van der Waals surface area contributed by atoms with E-state index in [0.717, 1.165) is 25.7 Å². The van der Waals surface area contributed by atoms with Crippen LogP contribution in [0.3, 0.4) is 0 Å². The van der Waals surface area contributed by atoms with E-state index in [9.17, 15) is 5.11 Å². The highest BCUT2D eigenvalue weighted by Crippen LogP contribution is 2.51. The maximum absolute atomic E-state index is 11.0. The van der Waals surface area contributed by atoms with Gasteiger partial charge in [0.25, 0.3) is 0 Å². The summed E-state index contributed by atoms with van der Waals surface area (Å²) in [5, 5.41) is 11.0. The van der Waals surface area contributed by atoms with E-state index < -0.39 is 6.10 Å². The van der Waals surface area contributed by atoms with Gasteiger partial charge in [0.05, 0.1) is 33.0 Å². The summed E-state index contributed by atoms with van der Waals surface area (Å²) < 4.78 is 16.1. The molecule has 1 aromatic carbocycles. The lowest BCUT2D eigenvalue weighted by molar-refractivity contribution is 0.0295. The number of methoxy groups -OCH3 is 3. The van der Waals surface area contributed by atoms with Gasteiger partial charge in [-0.25, -0.2) is 0 Å². The average molecular weight is 295 g/mol. The van der Waals surface area contributed by atoms with Crippen LogP contribution in [0.1, 0.15) is 37.4 Å². The molecule has 1 aliphatic rings. The minimum atomic E-state index is -0.708. The second-order valence-corrected chi connectivity index (χ2v) is 5.62. The molecule has 1 atom stereocenters. The molecule has 1 unspecified atom stereocenters. The first-order valence-electron chi connectivity index (χ1n) is 7.30.